The molecule has 1 aliphatic heterocycles. The topological polar surface area (TPSA) is 52.6 Å². The molecule has 1 saturated carbocycles. The Morgan fingerprint density at radius 2 is 1.73 bits per heavy atom. The molecule has 1 heterocycles. The summed E-state index contributed by atoms with van der Waals surface area (Å²) in [4.78, 5) is 13.4. The summed E-state index contributed by atoms with van der Waals surface area (Å²) in [6.07, 6.45) is -1.79. The highest BCUT2D eigenvalue weighted by atomic mass is 19.4. The highest BCUT2D eigenvalue weighted by Gasteiger charge is 2.41. The summed E-state index contributed by atoms with van der Waals surface area (Å²) in [6.45, 7) is 1.55. The number of carboxylic acid groups (broad SMARTS) is 1. The molecule has 1 aliphatic carbocycles. The molecule has 0 unspecified atom stereocenters. The largest absolute Gasteiger partial charge is 0.481 e. The van der Waals surface area contributed by atoms with E-state index in [4.69, 9.17) is 5.11 Å². The monoisotopic (exact) mass is 466 g/mol. The molecule has 2 fully saturated rings. The number of fused-ring (bicyclic) bond motifs is 1. The SMILES string of the molecule is O=C(O)C1CCN(Cc2ccc3c(CF)c(N[C@H]4CC[C@@H](C(F)(F)F)CC4)ccc3c2)CC1. The molecule has 0 spiro atoms. The third-order valence-corrected chi connectivity index (χ3v) is 7.22. The number of halogens is 4. The van der Waals surface area contributed by atoms with Crippen molar-refractivity contribution in [3.63, 3.8) is 0 Å². The second-order valence-electron chi connectivity index (χ2n) is 9.40. The molecule has 8 heteroatoms. The summed E-state index contributed by atoms with van der Waals surface area (Å²) >= 11 is 0. The zero-order valence-electron chi connectivity index (χ0n) is 18.5. The van der Waals surface area contributed by atoms with Crippen molar-refractivity contribution in [1.82, 2.24) is 4.90 Å². The number of hydrogen-bond acceptors (Lipinski definition) is 3. The average molecular weight is 467 g/mol. The molecule has 1 saturated heterocycles. The van der Waals surface area contributed by atoms with Crippen LogP contribution in [-0.4, -0.2) is 41.3 Å². The van der Waals surface area contributed by atoms with Gasteiger partial charge in [0.2, 0.25) is 0 Å². The number of rotatable bonds is 6. The highest BCUT2D eigenvalue weighted by Crippen LogP contribution is 2.39. The summed E-state index contributed by atoms with van der Waals surface area (Å²) in [7, 11) is 0. The van der Waals surface area contributed by atoms with Crippen LogP contribution in [0.5, 0.6) is 0 Å². The van der Waals surface area contributed by atoms with Crippen molar-refractivity contribution in [2.45, 2.75) is 64.0 Å². The Kier molecular flexibility index (Phi) is 7.12. The fourth-order valence-electron chi connectivity index (χ4n) is 5.20. The Morgan fingerprint density at radius 3 is 2.33 bits per heavy atom. The summed E-state index contributed by atoms with van der Waals surface area (Å²) < 4.78 is 52.8. The van der Waals surface area contributed by atoms with Gasteiger partial charge in [-0.15, -0.1) is 0 Å². The third kappa shape index (κ3) is 5.60. The zero-order valence-corrected chi connectivity index (χ0v) is 18.5. The number of benzene rings is 2. The van der Waals surface area contributed by atoms with E-state index in [1.807, 2.05) is 30.3 Å². The summed E-state index contributed by atoms with van der Waals surface area (Å²) in [5.41, 5.74) is 2.29. The van der Waals surface area contributed by atoms with Gasteiger partial charge in [0.05, 0.1) is 11.8 Å². The number of alkyl halides is 4. The van der Waals surface area contributed by atoms with E-state index < -0.39 is 24.7 Å². The molecule has 0 radical (unpaired) electrons. The first-order valence-electron chi connectivity index (χ1n) is 11.6. The second-order valence-corrected chi connectivity index (χ2v) is 9.40. The van der Waals surface area contributed by atoms with Crippen LogP contribution in [0.3, 0.4) is 0 Å². The number of likely N-dealkylation sites (tertiary alicyclic amines) is 1. The Morgan fingerprint density at radius 1 is 1.03 bits per heavy atom. The van der Waals surface area contributed by atoms with E-state index in [0.717, 1.165) is 36.0 Å². The van der Waals surface area contributed by atoms with Crippen molar-refractivity contribution in [1.29, 1.82) is 0 Å². The smallest absolute Gasteiger partial charge is 0.391 e. The van der Waals surface area contributed by atoms with Crippen LogP contribution in [0.4, 0.5) is 23.2 Å². The molecular formula is C25H30F4N2O2. The molecule has 0 amide bonds. The summed E-state index contributed by atoms with van der Waals surface area (Å²) in [5, 5.41) is 14.2. The minimum absolute atomic E-state index is 0.0839. The molecule has 0 aromatic heterocycles. The van der Waals surface area contributed by atoms with Crippen molar-refractivity contribution in [3.05, 3.63) is 41.5 Å². The molecule has 2 N–H and O–H groups in total. The maximum Gasteiger partial charge on any atom is 0.391 e. The van der Waals surface area contributed by atoms with Gasteiger partial charge >= 0.3 is 12.1 Å². The Balaban J connectivity index is 1.43. The van der Waals surface area contributed by atoms with E-state index in [1.165, 1.54) is 0 Å². The van der Waals surface area contributed by atoms with E-state index in [9.17, 15) is 22.4 Å². The van der Waals surface area contributed by atoms with Gasteiger partial charge in [-0.1, -0.05) is 18.2 Å². The van der Waals surface area contributed by atoms with Crippen LogP contribution in [-0.2, 0) is 18.0 Å². The molecule has 2 aliphatic rings. The van der Waals surface area contributed by atoms with Crippen LogP contribution in [0.25, 0.3) is 10.8 Å². The van der Waals surface area contributed by atoms with E-state index >= 15 is 0 Å². The number of piperidine rings is 1. The fraction of sp³-hybridized carbons (Fsp3) is 0.560. The predicted molar refractivity (Wildman–Crippen MR) is 120 cm³/mol. The van der Waals surface area contributed by atoms with E-state index in [1.54, 1.807) is 0 Å². The molecule has 4 nitrogen and oxygen atoms in total. The van der Waals surface area contributed by atoms with Crippen molar-refractivity contribution in [2.24, 2.45) is 11.8 Å². The average Bonchev–Trinajstić information content (AvgIpc) is 2.79. The molecule has 180 valence electrons. The number of aliphatic carboxylic acids is 1. The standard InChI is InChI=1S/C25H30F4N2O2/c26-14-22-21-7-1-16(15-31-11-9-17(10-12-31)24(32)33)13-18(21)2-8-23(22)30-20-5-3-19(4-6-20)25(27,28)29/h1-2,7-8,13,17,19-20,30H,3-6,9-12,14-15H2,(H,32,33)/t19-,20+. The lowest BCUT2D eigenvalue weighted by Gasteiger charge is -2.31. The molecule has 0 bridgehead atoms. The van der Waals surface area contributed by atoms with Crippen LogP contribution < -0.4 is 5.32 Å². The van der Waals surface area contributed by atoms with Crippen molar-refractivity contribution in [3.8, 4) is 0 Å². The first-order valence-corrected chi connectivity index (χ1v) is 11.6. The second kappa shape index (κ2) is 9.87. The van der Waals surface area contributed by atoms with Crippen LogP contribution >= 0.6 is 0 Å². The lowest BCUT2D eigenvalue weighted by molar-refractivity contribution is -0.182. The maximum atomic E-state index is 14.0. The zero-order chi connectivity index (χ0) is 23.6. The van der Waals surface area contributed by atoms with Crippen LogP contribution in [0.2, 0.25) is 0 Å². The quantitative estimate of drug-likeness (QED) is 0.502. The Bertz CT molecular complexity index is 978. The predicted octanol–water partition coefficient (Wildman–Crippen LogP) is 6.14. The first kappa shape index (κ1) is 23.8. The molecule has 2 aromatic rings. The summed E-state index contributed by atoms with van der Waals surface area (Å²) in [6, 6.07) is 9.60. The molecule has 0 atom stereocenters. The van der Waals surface area contributed by atoms with Crippen molar-refractivity contribution in [2.75, 3.05) is 18.4 Å². The van der Waals surface area contributed by atoms with Crippen LogP contribution in [0.15, 0.2) is 30.3 Å². The number of anilines is 1. The van der Waals surface area contributed by atoms with Gasteiger partial charge in [0, 0.05) is 23.8 Å². The van der Waals surface area contributed by atoms with Gasteiger partial charge in [0.25, 0.3) is 0 Å². The Labute approximate surface area is 191 Å². The third-order valence-electron chi connectivity index (χ3n) is 7.22. The lowest BCUT2D eigenvalue weighted by atomic mass is 9.85. The van der Waals surface area contributed by atoms with Crippen LogP contribution in [0.1, 0.15) is 49.7 Å². The number of nitrogens with one attached hydrogen (secondary N) is 1. The highest BCUT2D eigenvalue weighted by molar-refractivity contribution is 5.90. The van der Waals surface area contributed by atoms with Crippen molar-refractivity contribution >= 4 is 22.4 Å². The van der Waals surface area contributed by atoms with E-state index in [0.29, 0.717) is 36.9 Å². The number of carboxylic acids is 1. The van der Waals surface area contributed by atoms with E-state index in [-0.39, 0.29) is 24.8 Å². The number of hydrogen-bond donors (Lipinski definition) is 2. The first-order chi connectivity index (χ1) is 15.7. The van der Waals surface area contributed by atoms with Gasteiger partial charge in [-0.2, -0.15) is 13.2 Å². The van der Waals surface area contributed by atoms with Gasteiger partial charge in [-0.3, -0.25) is 9.69 Å². The Hall–Kier alpha value is -2.35. The van der Waals surface area contributed by atoms with Crippen molar-refractivity contribution < 1.29 is 27.5 Å². The molecule has 33 heavy (non-hydrogen) atoms. The van der Waals surface area contributed by atoms with Gasteiger partial charge in [0.15, 0.2) is 0 Å². The normalized spacial score (nSPS) is 23.0. The van der Waals surface area contributed by atoms with Gasteiger partial charge in [0.1, 0.15) is 6.67 Å². The number of carbonyl (C=O) groups is 1. The van der Waals surface area contributed by atoms with Gasteiger partial charge in [-0.05, 0) is 80.1 Å². The lowest BCUT2D eigenvalue weighted by Crippen LogP contribution is -2.35. The fourth-order valence-corrected chi connectivity index (χ4v) is 5.20. The minimum Gasteiger partial charge on any atom is -0.481 e. The number of nitrogens with zero attached hydrogens (tertiary/aromatic N) is 1. The van der Waals surface area contributed by atoms with E-state index in [2.05, 4.69) is 10.2 Å². The molecule has 4 rings (SSSR count). The van der Waals surface area contributed by atoms with Gasteiger partial charge in [-0.25, -0.2) is 4.39 Å². The van der Waals surface area contributed by atoms with Crippen LogP contribution in [0, 0.1) is 11.8 Å². The molecule has 2 aromatic carbocycles. The maximum absolute atomic E-state index is 14.0. The minimum atomic E-state index is -4.14. The molecular weight excluding hydrogens is 436 g/mol. The van der Waals surface area contributed by atoms with Gasteiger partial charge < -0.3 is 10.4 Å². The summed E-state index contributed by atoms with van der Waals surface area (Å²) in [5.74, 6) is -2.22.